The number of carbonyl (C=O) groups excluding carboxylic acids is 1. The molecule has 2 N–H and O–H groups in total. The van der Waals surface area contributed by atoms with Crippen LogP contribution in [0, 0.1) is 5.92 Å². The lowest BCUT2D eigenvalue weighted by Crippen LogP contribution is -2.15. The van der Waals surface area contributed by atoms with Gasteiger partial charge >= 0.3 is 0 Å². The maximum Gasteiger partial charge on any atom is 0.225 e. The fourth-order valence-corrected chi connectivity index (χ4v) is 2.36. The number of carbonyl (C=O) groups is 1. The van der Waals surface area contributed by atoms with Gasteiger partial charge in [0, 0.05) is 18.6 Å². The maximum atomic E-state index is 11.7. The number of nitrogens with one attached hydrogen (secondary N) is 2. The monoisotopic (exact) mass is 364 g/mol. The first kappa shape index (κ1) is 18.8. The third-order valence-corrected chi connectivity index (χ3v) is 3.56. The molecule has 0 saturated heterocycles. The molecule has 2 rings (SSSR count). The van der Waals surface area contributed by atoms with Crippen LogP contribution in [0.2, 0.25) is 5.02 Å². The molecular weight excluding hydrogens is 344 g/mol. The number of ether oxygens (including phenoxy) is 2. The van der Waals surface area contributed by atoms with Crippen LogP contribution < -0.4 is 20.1 Å². The number of methoxy groups -OCH3 is 2. The highest BCUT2D eigenvalue weighted by molar-refractivity contribution is 6.32. The molecule has 1 heterocycles. The largest absolute Gasteiger partial charge is 0.495 e. The van der Waals surface area contributed by atoms with E-state index in [1.807, 2.05) is 13.8 Å². The van der Waals surface area contributed by atoms with Crippen LogP contribution >= 0.6 is 11.6 Å². The van der Waals surface area contributed by atoms with Crippen LogP contribution in [0.4, 0.5) is 17.3 Å². The summed E-state index contributed by atoms with van der Waals surface area (Å²) in [4.78, 5) is 11.7. The zero-order chi connectivity index (χ0) is 18.4. The first-order valence-corrected chi connectivity index (χ1v) is 8.12. The Bertz CT molecular complexity index is 735. The van der Waals surface area contributed by atoms with Crippen LogP contribution in [0.3, 0.4) is 0 Å². The van der Waals surface area contributed by atoms with Crippen molar-refractivity contribution in [2.45, 2.75) is 20.3 Å². The lowest BCUT2D eigenvalue weighted by Gasteiger charge is -2.13. The standard InChI is InChI=1S/C17H21ClN4O3/c1-10(2)7-17(23)20-16-6-5-15(21-22-16)19-12-9-13(24-3)11(18)8-14(12)25-4/h5-6,8-10H,7H2,1-4H3,(H,19,21)(H,20,22,23). The van der Waals surface area contributed by atoms with Gasteiger partial charge in [0.05, 0.1) is 24.9 Å². The summed E-state index contributed by atoms with van der Waals surface area (Å²) in [5, 5.41) is 14.3. The average molecular weight is 365 g/mol. The summed E-state index contributed by atoms with van der Waals surface area (Å²) in [6.45, 7) is 3.96. The summed E-state index contributed by atoms with van der Waals surface area (Å²) < 4.78 is 10.5. The Labute approximate surface area is 151 Å². The van der Waals surface area contributed by atoms with E-state index in [4.69, 9.17) is 21.1 Å². The Morgan fingerprint density at radius 2 is 1.76 bits per heavy atom. The molecule has 134 valence electrons. The van der Waals surface area contributed by atoms with Crippen molar-refractivity contribution in [1.82, 2.24) is 10.2 Å². The molecule has 0 aliphatic carbocycles. The number of amides is 1. The Kier molecular flexibility index (Phi) is 6.41. The Morgan fingerprint density at radius 3 is 2.32 bits per heavy atom. The van der Waals surface area contributed by atoms with E-state index >= 15 is 0 Å². The zero-order valence-electron chi connectivity index (χ0n) is 14.6. The first-order chi connectivity index (χ1) is 11.9. The predicted octanol–water partition coefficient (Wildman–Crippen LogP) is 3.88. The number of hydrogen-bond acceptors (Lipinski definition) is 6. The number of nitrogens with zero attached hydrogens (tertiary/aromatic N) is 2. The lowest BCUT2D eigenvalue weighted by molar-refractivity contribution is -0.116. The van der Waals surface area contributed by atoms with Crippen molar-refractivity contribution in [3.8, 4) is 11.5 Å². The Morgan fingerprint density at radius 1 is 1.12 bits per heavy atom. The molecular formula is C17H21ClN4O3. The van der Waals surface area contributed by atoms with Gasteiger partial charge in [0.2, 0.25) is 5.91 Å². The summed E-state index contributed by atoms with van der Waals surface area (Å²) in [6, 6.07) is 6.74. The molecule has 7 nitrogen and oxygen atoms in total. The van der Waals surface area contributed by atoms with Crippen LogP contribution in [0.25, 0.3) is 0 Å². The second-order valence-electron chi connectivity index (χ2n) is 5.76. The number of rotatable bonds is 7. The van der Waals surface area contributed by atoms with Crippen molar-refractivity contribution >= 4 is 34.8 Å². The van der Waals surface area contributed by atoms with Crippen molar-refractivity contribution in [3.05, 3.63) is 29.3 Å². The Hall–Kier alpha value is -2.54. The summed E-state index contributed by atoms with van der Waals surface area (Å²) in [5.74, 6) is 2.13. The molecule has 0 radical (unpaired) electrons. The zero-order valence-corrected chi connectivity index (χ0v) is 15.3. The van der Waals surface area contributed by atoms with Gasteiger partial charge in [-0.15, -0.1) is 10.2 Å². The molecule has 1 amide bonds. The van der Waals surface area contributed by atoms with Gasteiger partial charge in [0.1, 0.15) is 11.5 Å². The second-order valence-corrected chi connectivity index (χ2v) is 6.17. The fraction of sp³-hybridized carbons (Fsp3) is 0.353. The van der Waals surface area contributed by atoms with Crippen LogP contribution in [0.1, 0.15) is 20.3 Å². The molecule has 2 aromatic rings. The minimum absolute atomic E-state index is 0.0888. The molecule has 1 aromatic heterocycles. The molecule has 1 aromatic carbocycles. The third-order valence-electron chi connectivity index (χ3n) is 3.26. The highest BCUT2D eigenvalue weighted by atomic mass is 35.5. The number of halogens is 1. The minimum atomic E-state index is -0.0888. The number of benzene rings is 1. The van der Waals surface area contributed by atoms with Crippen LogP contribution in [0.5, 0.6) is 11.5 Å². The normalized spacial score (nSPS) is 10.5. The van der Waals surface area contributed by atoms with Crippen molar-refractivity contribution in [2.75, 3.05) is 24.9 Å². The van der Waals surface area contributed by atoms with Crippen LogP contribution in [-0.2, 0) is 4.79 Å². The Balaban J connectivity index is 2.12. The van der Waals surface area contributed by atoms with Crippen LogP contribution in [0.15, 0.2) is 24.3 Å². The van der Waals surface area contributed by atoms with E-state index in [-0.39, 0.29) is 11.8 Å². The summed E-state index contributed by atoms with van der Waals surface area (Å²) in [6.07, 6.45) is 0.434. The van der Waals surface area contributed by atoms with Gasteiger partial charge in [0.25, 0.3) is 0 Å². The maximum absolute atomic E-state index is 11.7. The minimum Gasteiger partial charge on any atom is -0.495 e. The van der Waals surface area contributed by atoms with Gasteiger partial charge in [-0.1, -0.05) is 25.4 Å². The van der Waals surface area contributed by atoms with Gasteiger partial charge in [-0.2, -0.15) is 0 Å². The van der Waals surface area contributed by atoms with Gasteiger partial charge in [-0.3, -0.25) is 4.79 Å². The van der Waals surface area contributed by atoms with E-state index in [1.54, 1.807) is 31.4 Å². The van der Waals surface area contributed by atoms with E-state index in [2.05, 4.69) is 20.8 Å². The van der Waals surface area contributed by atoms with Crippen molar-refractivity contribution in [3.63, 3.8) is 0 Å². The van der Waals surface area contributed by atoms with Gasteiger partial charge in [-0.25, -0.2) is 0 Å². The number of anilines is 3. The first-order valence-electron chi connectivity index (χ1n) is 7.75. The molecule has 0 saturated carbocycles. The third kappa shape index (κ3) is 5.22. The molecule has 8 heteroatoms. The van der Waals surface area contributed by atoms with Gasteiger partial charge in [-0.05, 0) is 18.1 Å². The van der Waals surface area contributed by atoms with Crippen molar-refractivity contribution < 1.29 is 14.3 Å². The molecule has 0 aliphatic heterocycles. The topological polar surface area (TPSA) is 85.4 Å². The highest BCUT2D eigenvalue weighted by Gasteiger charge is 2.11. The number of aromatic nitrogens is 2. The SMILES string of the molecule is COc1cc(Nc2ccc(NC(=O)CC(C)C)nn2)c(OC)cc1Cl. The smallest absolute Gasteiger partial charge is 0.225 e. The molecule has 0 spiro atoms. The van der Waals surface area contributed by atoms with E-state index in [0.717, 1.165) is 0 Å². The second kappa shape index (κ2) is 8.53. The summed E-state index contributed by atoms with van der Waals surface area (Å²) >= 11 is 6.09. The summed E-state index contributed by atoms with van der Waals surface area (Å²) in [5.41, 5.74) is 0.634. The van der Waals surface area contributed by atoms with E-state index in [0.29, 0.717) is 40.3 Å². The quantitative estimate of drug-likeness (QED) is 0.775. The average Bonchev–Trinajstić information content (AvgIpc) is 2.57. The molecule has 0 aliphatic rings. The van der Waals surface area contributed by atoms with Gasteiger partial charge in [0.15, 0.2) is 11.6 Å². The number of hydrogen-bond donors (Lipinski definition) is 2. The summed E-state index contributed by atoms with van der Waals surface area (Å²) in [7, 11) is 3.08. The molecule has 0 fully saturated rings. The molecule has 25 heavy (non-hydrogen) atoms. The molecule has 0 bridgehead atoms. The van der Waals surface area contributed by atoms with E-state index < -0.39 is 0 Å². The van der Waals surface area contributed by atoms with Gasteiger partial charge < -0.3 is 20.1 Å². The fourth-order valence-electron chi connectivity index (χ4n) is 2.13. The van der Waals surface area contributed by atoms with Crippen LogP contribution in [-0.4, -0.2) is 30.3 Å². The molecule has 0 atom stereocenters. The van der Waals surface area contributed by atoms with Crippen molar-refractivity contribution in [2.24, 2.45) is 5.92 Å². The predicted molar refractivity (Wildman–Crippen MR) is 98.0 cm³/mol. The highest BCUT2D eigenvalue weighted by Crippen LogP contribution is 2.37. The van der Waals surface area contributed by atoms with E-state index in [9.17, 15) is 4.79 Å². The van der Waals surface area contributed by atoms with Crippen molar-refractivity contribution in [1.29, 1.82) is 0 Å². The lowest BCUT2D eigenvalue weighted by atomic mass is 10.1. The van der Waals surface area contributed by atoms with E-state index in [1.165, 1.54) is 7.11 Å². The molecule has 0 unspecified atom stereocenters.